The van der Waals surface area contributed by atoms with E-state index in [1.165, 1.54) is 0 Å². The molecule has 3 amide bonds. The summed E-state index contributed by atoms with van der Waals surface area (Å²) in [5.41, 5.74) is 1.80. The highest BCUT2D eigenvalue weighted by Gasteiger charge is 2.51. The summed E-state index contributed by atoms with van der Waals surface area (Å²) in [4.78, 5) is 40.8. The molecule has 1 fully saturated rings. The van der Waals surface area contributed by atoms with Gasteiger partial charge in [0, 0.05) is 12.0 Å². The van der Waals surface area contributed by atoms with E-state index in [0.29, 0.717) is 25.2 Å². The fraction of sp³-hybridized carbons (Fsp3) is 0.571. The number of hydrogen-bond acceptors (Lipinski definition) is 5. The number of esters is 1. The van der Waals surface area contributed by atoms with Crippen molar-refractivity contribution in [2.75, 3.05) is 30.7 Å². The van der Waals surface area contributed by atoms with E-state index in [0.717, 1.165) is 36.1 Å². The Morgan fingerprint density at radius 3 is 2.42 bits per heavy atom. The number of fused-ring (bicyclic) bond motifs is 1. The number of amides is 3. The second kappa shape index (κ2) is 10.6. The minimum absolute atomic E-state index is 0.0271. The summed E-state index contributed by atoms with van der Waals surface area (Å²) in [6, 6.07) is 8.71. The molecule has 1 atom stereocenters. The Morgan fingerprint density at radius 1 is 1.16 bits per heavy atom. The lowest BCUT2D eigenvalue weighted by Crippen LogP contribution is -2.51. The van der Waals surface area contributed by atoms with E-state index in [1.54, 1.807) is 4.90 Å². The van der Waals surface area contributed by atoms with E-state index in [2.05, 4.69) is 39.6 Å². The van der Waals surface area contributed by atoms with Gasteiger partial charge in [-0.25, -0.2) is 14.8 Å². The molecule has 1 aromatic heterocycles. The van der Waals surface area contributed by atoms with Crippen LogP contribution in [0.15, 0.2) is 30.3 Å². The molecule has 1 aliphatic carbocycles. The molecule has 0 radical (unpaired) electrons. The molecule has 1 aromatic carbocycles. The van der Waals surface area contributed by atoms with E-state index in [1.807, 2.05) is 51.1 Å². The van der Waals surface area contributed by atoms with Gasteiger partial charge in [0.05, 0.1) is 28.6 Å². The second-order valence-electron chi connectivity index (χ2n) is 11.6. The number of nitrogens with one attached hydrogen (secondary N) is 3. The van der Waals surface area contributed by atoms with Crippen LogP contribution in [0.3, 0.4) is 0 Å². The van der Waals surface area contributed by atoms with Crippen LogP contribution in [-0.2, 0) is 26.4 Å². The number of aromatic amines is 1. The number of carbonyl (C=O) groups is 3. The Hall–Kier alpha value is -3.01. The van der Waals surface area contributed by atoms with Crippen LogP contribution in [0.1, 0.15) is 75.7 Å². The van der Waals surface area contributed by atoms with Crippen LogP contribution in [0.2, 0.25) is 0 Å². The van der Waals surface area contributed by atoms with Crippen molar-refractivity contribution in [1.29, 1.82) is 0 Å². The molecule has 0 spiro atoms. The molecule has 38 heavy (non-hydrogen) atoms. The number of urea groups is 1. The third kappa shape index (κ3) is 5.15. The zero-order valence-corrected chi connectivity index (χ0v) is 24.2. The predicted molar refractivity (Wildman–Crippen MR) is 151 cm³/mol. The van der Waals surface area contributed by atoms with Gasteiger partial charge < -0.3 is 20.3 Å². The Bertz CT molecular complexity index is 1180. The molecular weight excluding hydrogens is 502 g/mol. The van der Waals surface area contributed by atoms with Crippen LogP contribution in [0, 0.1) is 0 Å². The molecule has 10 heteroatoms. The number of benzene rings is 1. The van der Waals surface area contributed by atoms with Crippen molar-refractivity contribution in [1.82, 2.24) is 20.4 Å². The molecule has 9 nitrogen and oxygen atoms in total. The van der Waals surface area contributed by atoms with Crippen molar-refractivity contribution in [3.63, 3.8) is 0 Å². The van der Waals surface area contributed by atoms with Crippen molar-refractivity contribution in [3.05, 3.63) is 47.2 Å². The molecule has 1 saturated carbocycles. The molecule has 208 valence electrons. The number of ether oxygens (including phenoxy) is 1. The Morgan fingerprint density at radius 2 is 1.84 bits per heavy atom. The molecule has 1 aliphatic heterocycles. The zero-order valence-electron chi connectivity index (χ0n) is 23.3. The summed E-state index contributed by atoms with van der Waals surface area (Å²) in [7, 11) is -1.11. The minimum Gasteiger partial charge on any atom is -0.463 e. The first-order valence-corrected chi connectivity index (χ1v) is 16.1. The monoisotopic (exact) mass is 543 g/mol. The van der Waals surface area contributed by atoms with Gasteiger partial charge >= 0.3 is 12.0 Å². The van der Waals surface area contributed by atoms with Crippen molar-refractivity contribution in [2.24, 2.45) is 0 Å². The van der Waals surface area contributed by atoms with Crippen molar-refractivity contribution in [2.45, 2.75) is 75.7 Å². The highest BCUT2D eigenvalue weighted by molar-refractivity contribution is 8.33. The van der Waals surface area contributed by atoms with Gasteiger partial charge in [0.2, 0.25) is 5.91 Å². The summed E-state index contributed by atoms with van der Waals surface area (Å²) >= 11 is 0. The van der Waals surface area contributed by atoms with E-state index in [9.17, 15) is 14.4 Å². The summed E-state index contributed by atoms with van der Waals surface area (Å²) in [6.07, 6.45) is 10.5. The summed E-state index contributed by atoms with van der Waals surface area (Å²) in [5.74, 6) is 0.239. The molecule has 2 heterocycles. The third-order valence-electron chi connectivity index (χ3n) is 8.06. The number of hydrogen-bond donors (Lipinski definition) is 3. The van der Waals surface area contributed by atoms with Gasteiger partial charge in [-0.1, -0.05) is 37.3 Å². The lowest BCUT2D eigenvalue weighted by Gasteiger charge is -2.53. The Labute approximate surface area is 226 Å². The number of carbonyl (C=O) groups excluding carboxylic acids is 3. The fourth-order valence-corrected chi connectivity index (χ4v) is 7.49. The number of anilines is 1. The van der Waals surface area contributed by atoms with E-state index in [-0.39, 0.29) is 29.3 Å². The Kier molecular flexibility index (Phi) is 7.84. The quantitative estimate of drug-likeness (QED) is 0.393. The van der Waals surface area contributed by atoms with E-state index in [4.69, 9.17) is 4.74 Å². The van der Waals surface area contributed by atoms with Crippen LogP contribution >= 0.6 is 10.0 Å². The SMILES string of the molecule is CCCC(=O)OC[C@@H](NC(=O)N1Cc2c(NC(=O)C3(S(C)(C)C)CCC3)n[nH]c2C1(C)C)c1ccccc1. The third-order valence-corrected chi connectivity index (χ3v) is 11.0. The number of H-pyrrole nitrogens is 1. The van der Waals surface area contributed by atoms with Crippen molar-refractivity contribution < 1.29 is 19.1 Å². The smallest absolute Gasteiger partial charge is 0.319 e. The van der Waals surface area contributed by atoms with Gasteiger partial charge in [-0.3, -0.25) is 14.7 Å². The maximum atomic E-state index is 13.6. The maximum Gasteiger partial charge on any atom is 0.319 e. The van der Waals surface area contributed by atoms with Gasteiger partial charge in [-0.15, -0.1) is 0 Å². The zero-order chi connectivity index (χ0) is 27.7. The van der Waals surface area contributed by atoms with Gasteiger partial charge in [-0.05, 0) is 63.9 Å². The Balaban J connectivity index is 1.50. The first-order valence-electron chi connectivity index (χ1n) is 13.3. The van der Waals surface area contributed by atoms with Crippen LogP contribution < -0.4 is 10.6 Å². The predicted octanol–water partition coefficient (Wildman–Crippen LogP) is 4.81. The standard InChI is InChI=1S/C28H41N5O4S/c1-7-12-22(34)37-18-21(19-13-9-8-10-14-19)29-26(36)33-17-20-23(27(33,2)3)31-32-24(20)30-25(35)28(15-11-16-28)38(4,5)6/h8-10,13-14,21H,7,11-12,15-18H2,1-6H3,(H,29,36)(H2,30,31,32,35)/t21-/m1/s1. The topological polar surface area (TPSA) is 116 Å². The van der Waals surface area contributed by atoms with Crippen LogP contribution in [0.25, 0.3) is 0 Å². The summed E-state index contributed by atoms with van der Waals surface area (Å²) in [5, 5.41) is 13.7. The average molecular weight is 544 g/mol. The van der Waals surface area contributed by atoms with E-state index >= 15 is 0 Å². The largest absolute Gasteiger partial charge is 0.463 e. The number of rotatable bonds is 9. The number of nitrogens with zero attached hydrogens (tertiary/aromatic N) is 2. The normalized spacial score (nSPS) is 18.6. The van der Waals surface area contributed by atoms with Crippen LogP contribution in [0.5, 0.6) is 0 Å². The van der Waals surface area contributed by atoms with E-state index < -0.39 is 21.6 Å². The molecule has 0 bridgehead atoms. The molecule has 2 aliphatic rings. The highest BCUT2D eigenvalue weighted by Crippen LogP contribution is 2.60. The minimum atomic E-state index is -1.11. The van der Waals surface area contributed by atoms with Gasteiger partial charge in [0.15, 0.2) is 5.82 Å². The summed E-state index contributed by atoms with van der Waals surface area (Å²) in [6.45, 7) is 6.17. The van der Waals surface area contributed by atoms with Gasteiger partial charge in [-0.2, -0.15) is 5.10 Å². The average Bonchev–Trinajstić information content (AvgIpc) is 3.33. The van der Waals surface area contributed by atoms with Gasteiger partial charge in [0.1, 0.15) is 6.61 Å². The molecular formula is C28H41N5O4S. The molecule has 4 rings (SSSR count). The molecule has 2 aromatic rings. The first-order chi connectivity index (χ1) is 17.9. The molecule has 3 N–H and O–H groups in total. The van der Waals surface area contributed by atoms with Crippen molar-refractivity contribution >= 4 is 33.8 Å². The maximum absolute atomic E-state index is 13.6. The summed E-state index contributed by atoms with van der Waals surface area (Å²) < 4.78 is 5.13. The molecule has 0 saturated heterocycles. The molecule has 0 unspecified atom stereocenters. The van der Waals surface area contributed by atoms with Crippen LogP contribution in [0.4, 0.5) is 10.6 Å². The van der Waals surface area contributed by atoms with Gasteiger partial charge in [0.25, 0.3) is 0 Å². The fourth-order valence-electron chi connectivity index (χ4n) is 5.37. The lowest BCUT2D eigenvalue weighted by atomic mass is 9.83. The lowest BCUT2D eigenvalue weighted by molar-refractivity contribution is -0.144. The van der Waals surface area contributed by atoms with Crippen LogP contribution in [-0.4, -0.2) is 63.1 Å². The van der Waals surface area contributed by atoms with Crippen molar-refractivity contribution in [3.8, 4) is 0 Å². The number of aromatic nitrogens is 2. The first kappa shape index (κ1) is 28.0. The second-order valence-corrected chi connectivity index (χ2v) is 16.0. The highest BCUT2D eigenvalue weighted by atomic mass is 32.3.